The molecule has 2 rings (SSSR count). The van der Waals surface area contributed by atoms with Gasteiger partial charge in [0.25, 0.3) is 5.91 Å². The van der Waals surface area contributed by atoms with Crippen molar-refractivity contribution in [1.82, 2.24) is 0 Å². The number of carbonyl (C=O) groups excluding carboxylic acids is 2. The highest BCUT2D eigenvalue weighted by atomic mass is 16.5. The maximum Gasteiger partial charge on any atom is 0.338 e. The first-order valence-electron chi connectivity index (χ1n) is 7.77. The van der Waals surface area contributed by atoms with Gasteiger partial charge < -0.3 is 14.8 Å². The van der Waals surface area contributed by atoms with E-state index in [1.165, 1.54) is 0 Å². The van der Waals surface area contributed by atoms with E-state index >= 15 is 0 Å². The van der Waals surface area contributed by atoms with Crippen molar-refractivity contribution in [1.29, 1.82) is 0 Å². The molecule has 0 aliphatic rings. The van der Waals surface area contributed by atoms with Crippen LogP contribution >= 0.6 is 0 Å². The summed E-state index contributed by atoms with van der Waals surface area (Å²) in [4.78, 5) is 23.7. The standard InChI is InChI=1S/C19H21NO4/c1-4-23-19(22)15-8-6-9-16(11-15)20-18(21)12-24-17-10-5-7-13(2)14(17)3/h5-11H,4,12H2,1-3H3,(H,20,21). The van der Waals surface area contributed by atoms with E-state index in [-0.39, 0.29) is 12.5 Å². The van der Waals surface area contributed by atoms with Crippen LogP contribution in [0.3, 0.4) is 0 Å². The lowest BCUT2D eigenvalue weighted by Gasteiger charge is -2.11. The van der Waals surface area contributed by atoms with E-state index in [1.54, 1.807) is 31.2 Å². The van der Waals surface area contributed by atoms with E-state index < -0.39 is 5.97 Å². The van der Waals surface area contributed by atoms with E-state index in [9.17, 15) is 9.59 Å². The Morgan fingerprint density at radius 2 is 1.83 bits per heavy atom. The number of carbonyl (C=O) groups is 2. The SMILES string of the molecule is CCOC(=O)c1cccc(NC(=O)COc2cccc(C)c2C)c1. The van der Waals surface area contributed by atoms with Gasteiger partial charge in [-0.1, -0.05) is 18.2 Å². The Morgan fingerprint density at radius 1 is 1.08 bits per heavy atom. The summed E-state index contributed by atoms with van der Waals surface area (Å²) in [6.45, 7) is 5.88. The highest BCUT2D eigenvalue weighted by Crippen LogP contribution is 2.20. The van der Waals surface area contributed by atoms with E-state index in [0.717, 1.165) is 11.1 Å². The average molecular weight is 327 g/mol. The van der Waals surface area contributed by atoms with Gasteiger partial charge in [-0.25, -0.2) is 4.79 Å². The molecular weight excluding hydrogens is 306 g/mol. The van der Waals surface area contributed by atoms with Crippen molar-refractivity contribution in [3.63, 3.8) is 0 Å². The molecule has 0 unspecified atom stereocenters. The predicted octanol–water partition coefficient (Wildman–Crippen LogP) is 3.50. The van der Waals surface area contributed by atoms with Gasteiger partial charge >= 0.3 is 5.97 Å². The third kappa shape index (κ3) is 4.59. The van der Waals surface area contributed by atoms with Crippen molar-refractivity contribution in [2.24, 2.45) is 0 Å². The minimum atomic E-state index is -0.416. The number of hydrogen-bond acceptors (Lipinski definition) is 4. The lowest BCUT2D eigenvalue weighted by atomic mass is 10.1. The molecule has 0 bridgehead atoms. The predicted molar refractivity (Wildman–Crippen MR) is 92.4 cm³/mol. The summed E-state index contributed by atoms with van der Waals surface area (Å²) in [6.07, 6.45) is 0. The van der Waals surface area contributed by atoms with Gasteiger partial charge in [0.05, 0.1) is 12.2 Å². The number of amides is 1. The lowest BCUT2D eigenvalue weighted by molar-refractivity contribution is -0.118. The highest BCUT2D eigenvalue weighted by Gasteiger charge is 2.10. The maximum absolute atomic E-state index is 12.0. The number of hydrogen-bond donors (Lipinski definition) is 1. The fraction of sp³-hybridized carbons (Fsp3) is 0.263. The highest BCUT2D eigenvalue weighted by molar-refractivity contribution is 5.95. The summed E-state index contributed by atoms with van der Waals surface area (Å²) in [6, 6.07) is 12.3. The summed E-state index contributed by atoms with van der Waals surface area (Å²) in [5.41, 5.74) is 3.03. The first kappa shape index (κ1) is 17.5. The van der Waals surface area contributed by atoms with Crippen molar-refractivity contribution in [2.45, 2.75) is 20.8 Å². The normalized spacial score (nSPS) is 10.1. The second kappa shape index (κ2) is 8.15. The van der Waals surface area contributed by atoms with E-state index in [4.69, 9.17) is 9.47 Å². The zero-order valence-electron chi connectivity index (χ0n) is 14.1. The molecule has 0 saturated carbocycles. The summed E-state index contributed by atoms with van der Waals surface area (Å²) < 4.78 is 10.5. The number of aryl methyl sites for hydroxylation is 1. The number of anilines is 1. The first-order chi connectivity index (χ1) is 11.5. The second-order valence-electron chi connectivity index (χ2n) is 5.34. The number of nitrogens with one attached hydrogen (secondary N) is 1. The molecule has 0 aromatic heterocycles. The number of rotatable bonds is 6. The molecule has 0 spiro atoms. The van der Waals surface area contributed by atoms with Gasteiger partial charge in [0.2, 0.25) is 0 Å². The van der Waals surface area contributed by atoms with Crippen LogP contribution in [0, 0.1) is 13.8 Å². The Bertz CT molecular complexity index is 740. The Kier molecular flexibility index (Phi) is 5.95. The monoisotopic (exact) mass is 327 g/mol. The maximum atomic E-state index is 12.0. The van der Waals surface area contributed by atoms with Crippen LogP contribution in [0.1, 0.15) is 28.4 Å². The molecule has 0 atom stereocenters. The third-order valence-electron chi connectivity index (χ3n) is 3.57. The van der Waals surface area contributed by atoms with E-state index in [1.807, 2.05) is 32.0 Å². The van der Waals surface area contributed by atoms with Gasteiger partial charge in [-0.15, -0.1) is 0 Å². The van der Waals surface area contributed by atoms with Crippen molar-refractivity contribution in [2.75, 3.05) is 18.5 Å². The molecule has 0 saturated heterocycles. The molecule has 0 radical (unpaired) electrons. The third-order valence-corrected chi connectivity index (χ3v) is 3.57. The molecule has 1 N–H and O–H groups in total. The molecule has 5 heteroatoms. The molecule has 2 aromatic carbocycles. The van der Waals surface area contributed by atoms with Crippen molar-refractivity contribution >= 4 is 17.6 Å². The topological polar surface area (TPSA) is 64.6 Å². The molecule has 0 aliphatic carbocycles. The van der Waals surface area contributed by atoms with Gasteiger partial charge in [0, 0.05) is 5.69 Å². The van der Waals surface area contributed by atoms with E-state index in [0.29, 0.717) is 23.6 Å². The van der Waals surface area contributed by atoms with Gasteiger partial charge in [-0.3, -0.25) is 4.79 Å². The van der Waals surface area contributed by atoms with Gasteiger partial charge in [0.15, 0.2) is 6.61 Å². The lowest BCUT2D eigenvalue weighted by Crippen LogP contribution is -2.20. The quantitative estimate of drug-likeness (QED) is 0.825. The van der Waals surface area contributed by atoms with E-state index in [2.05, 4.69) is 5.32 Å². The second-order valence-corrected chi connectivity index (χ2v) is 5.34. The molecule has 0 heterocycles. The Morgan fingerprint density at radius 3 is 2.58 bits per heavy atom. The zero-order chi connectivity index (χ0) is 17.5. The minimum Gasteiger partial charge on any atom is -0.483 e. The average Bonchev–Trinajstić information content (AvgIpc) is 2.56. The summed E-state index contributed by atoms with van der Waals surface area (Å²) in [5.74, 6) is -0.0254. The number of benzene rings is 2. The molecule has 24 heavy (non-hydrogen) atoms. The molecule has 2 aromatic rings. The number of esters is 1. The van der Waals surface area contributed by atoms with Crippen LogP contribution in [-0.4, -0.2) is 25.1 Å². The Labute approximate surface area is 141 Å². The molecule has 126 valence electrons. The van der Waals surface area contributed by atoms with Crippen LogP contribution in [0.25, 0.3) is 0 Å². The van der Waals surface area contributed by atoms with Crippen molar-refractivity contribution in [3.05, 3.63) is 59.2 Å². The molecule has 5 nitrogen and oxygen atoms in total. The molecule has 1 amide bonds. The van der Waals surface area contributed by atoms with Crippen LogP contribution in [0.15, 0.2) is 42.5 Å². The van der Waals surface area contributed by atoms with Crippen molar-refractivity contribution < 1.29 is 19.1 Å². The fourth-order valence-corrected chi connectivity index (χ4v) is 2.16. The largest absolute Gasteiger partial charge is 0.483 e. The first-order valence-corrected chi connectivity index (χ1v) is 7.77. The summed E-state index contributed by atoms with van der Waals surface area (Å²) in [7, 11) is 0. The summed E-state index contributed by atoms with van der Waals surface area (Å²) in [5, 5.41) is 2.71. The van der Waals surface area contributed by atoms with Gasteiger partial charge in [-0.05, 0) is 56.2 Å². The van der Waals surface area contributed by atoms with Crippen molar-refractivity contribution in [3.8, 4) is 5.75 Å². The van der Waals surface area contributed by atoms with Crippen LogP contribution in [0.2, 0.25) is 0 Å². The Hall–Kier alpha value is -2.82. The molecule has 0 aliphatic heterocycles. The molecule has 0 fully saturated rings. The Balaban J connectivity index is 1.96. The van der Waals surface area contributed by atoms with Crippen LogP contribution < -0.4 is 10.1 Å². The summed E-state index contributed by atoms with van der Waals surface area (Å²) >= 11 is 0. The minimum absolute atomic E-state index is 0.103. The zero-order valence-corrected chi connectivity index (χ0v) is 14.1. The molecular formula is C19H21NO4. The fourth-order valence-electron chi connectivity index (χ4n) is 2.16. The van der Waals surface area contributed by atoms with Crippen LogP contribution in [0.5, 0.6) is 5.75 Å². The number of ether oxygens (including phenoxy) is 2. The van der Waals surface area contributed by atoms with Crippen LogP contribution in [-0.2, 0) is 9.53 Å². The smallest absolute Gasteiger partial charge is 0.338 e. The van der Waals surface area contributed by atoms with Gasteiger partial charge in [-0.2, -0.15) is 0 Å². The van der Waals surface area contributed by atoms with Gasteiger partial charge in [0.1, 0.15) is 5.75 Å². The van der Waals surface area contributed by atoms with Crippen LogP contribution in [0.4, 0.5) is 5.69 Å².